The van der Waals surface area contributed by atoms with Crippen molar-refractivity contribution in [2.45, 2.75) is 24.8 Å². The first-order valence-corrected chi connectivity index (χ1v) is 9.97. The van der Waals surface area contributed by atoms with Gasteiger partial charge in [-0.3, -0.25) is 24.0 Å². The Labute approximate surface area is 186 Å². The Morgan fingerprint density at radius 3 is 2.76 bits per heavy atom. The number of ether oxygens (including phenoxy) is 2. The molecule has 1 aliphatic rings. The Morgan fingerprint density at radius 1 is 1.30 bits per heavy atom. The number of aryl methyl sites for hydroxylation is 1. The number of para-hydroxylation sites is 1. The number of piperidine rings is 1. The van der Waals surface area contributed by atoms with Crippen molar-refractivity contribution >= 4 is 28.9 Å². The molecule has 0 radical (unpaired) electrons. The van der Waals surface area contributed by atoms with Gasteiger partial charge in [-0.1, -0.05) is 17.9 Å². The zero-order chi connectivity index (χ0) is 24.2. The molecule has 3 amide bonds. The Hall–Kier alpha value is -3.72. The molecule has 1 aliphatic heterocycles. The third kappa shape index (κ3) is 5.38. The molecule has 1 fully saturated rings. The molecule has 33 heavy (non-hydrogen) atoms. The highest BCUT2D eigenvalue weighted by molar-refractivity contribution is 6.00. The van der Waals surface area contributed by atoms with Crippen molar-refractivity contribution in [3.63, 3.8) is 0 Å². The number of imidazole rings is 1. The number of fused-ring (bicyclic) bond motifs is 1. The van der Waals surface area contributed by atoms with Crippen LogP contribution in [0.5, 0.6) is 0 Å². The normalized spacial score (nSPS) is 16.2. The van der Waals surface area contributed by atoms with E-state index in [0.29, 0.717) is 16.6 Å². The summed E-state index contributed by atoms with van der Waals surface area (Å²) >= 11 is 0. The van der Waals surface area contributed by atoms with E-state index in [9.17, 15) is 28.0 Å². The van der Waals surface area contributed by atoms with E-state index in [4.69, 9.17) is 4.74 Å². The topological polar surface area (TPSA) is 121 Å². The zero-order valence-corrected chi connectivity index (χ0v) is 17.9. The highest BCUT2D eigenvalue weighted by Crippen LogP contribution is 2.24. The molecule has 1 aromatic carbocycles. The monoisotopic (exact) mass is 464 g/mol. The second-order valence-electron chi connectivity index (χ2n) is 7.33. The molecule has 0 spiro atoms. The molecule has 1 atom stereocenters. The van der Waals surface area contributed by atoms with E-state index in [2.05, 4.69) is 27.2 Å². The Kier molecular flexibility index (Phi) is 7.13. The van der Waals surface area contributed by atoms with Gasteiger partial charge in [0.1, 0.15) is 19.3 Å². The quantitative estimate of drug-likeness (QED) is 0.369. The minimum Gasteiger partial charge on any atom is -0.443 e. The van der Waals surface area contributed by atoms with Crippen LogP contribution in [0.25, 0.3) is 11.0 Å². The van der Waals surface area contributed by atoms with Crippen LogP contribution in [0.3, 0.4) is 0 Å². The van der Waals surface area contributed by atoms with Crippen LogP contribution in [0.4, 0.5) is 13.6 Å². The predicted octanol–water partition coefficient (Wildman–Crippen LogP) is 0.677. The van der Waals surface area contributed by atoms with Crippen molar-refractivity contribution in [1.82, 2.24) is 19.8 Å². The average Bonchev–Trinajstić information content (AvgIpc) is 3.03. The highest BCUT2D eigenvalue weighted by atomic mass is 19.3. The van der Waals surface area contributed by atoms with Gasteiger partial charge in [0.15, 0.2) is 6.61 Å². The fraction of sp³-hybridized carbons (Fsp3) is 0.429. The lowest BCUT2D eigenvalue weighted by molar-refractivity contribution is -0.135. The molecule has 1 unspecified atom stereocenters. The molecule has 0 aliphatic carbocycles. The second kappa shape index (κ2) is 9.83. The first kappa shape index (κ1) is 23.9. The number of nitrogens with one attached hydrogen (secondary N) is 2. The van der Waals surface area contributed by atoms with Crippen LogP contribution in [0, 0.1) is 11.8 Å². The summed E-state index contributed by atoms with van der Waals surface area (Å²) in [5, 5.41) is 4.30. The number of rotatable bonds is 6. The third-order valence-electron chi connectivity index (χ3n) is 4.95. The summed E-state index contributed by atoms with van der Waals surface area (Å²) in [5.74, 6) is 1.10. The number of carbonyl (C=O) groups is 3. The van der Waals surface area contributed by atoms with Gasteiger partial charge in [0.25, 0.3) is 0 Å². The summed E-state index contributed by atoms with van der Waals surface area (Å²) in [6.07, 6.45) is -0.655. The van der Waals surface area contributed by atoms with Gasteiger partial charge in [-0.25, -0.2) is 18.4 Å². The van der Waals surface area contributed by atoms with Crippen LogP contribution >= 0.6 is 0 Å². The smallest absolute Gasteiger partial charge is 0.407 e. The fourth-order valence-electron chi connectivity index (χ4n) is 3.44. The van der Waals surface area contributed by atoms with Crippen molar-refractivity contribution in [3.8, 4) is 11.8 Å². The molecule has 1 saturated heterocycles. The van der Waals surface area contributed by atoms with E-state index in [1.807, 2.05) is 0 Å². The Bertz CT molecular complexity index is 1210. The number of hydrogen-bond donors (Lipinski definition) is 2. The van der Waals surface area contributed by atoms with Crippen LogP contribution in [-0.4, -0.2) is 59.8 Å². The molecule has 3 rings (SSSR count). The maximum Gasteiger partial charge on any atom is 0.407 e. The fourth-order valence-corrected chi connectivity index (χ4v) is 3.44. The van der Waals surface area contributed by atoms with Crippen LogP contribution in [0.1, 0.15) is 24.4 Å². The minimum absolute atomic E-state index is 0.120. The van der Waals surface area contributed by atoms with Crippen LogP contribution in [0.2, 0.25) is 0 Å². The number of nitrogens with zero attached hydrogens (tertiary/aromatic N) is 2. The lowest BCUT2D eigenvalue weighted by Crippen LogP contribution is -2.44. The lowest BCUT2D eigenvalue weighted by atomic mass is 10.1. The Balaban J connectivity index is 1.75. The van der Waals surface area contributed by atoms with Gasteiger partial charge < -0.3 is 14.8 Å². The SMILES string of the molecule is CNC(=O)OCC(F)(F)COCC#Cc1cccc2c1n(C)c(=O)n2C1CCC(=O)NC1=O. The number of hydrogen-bond acceptors (Lipinski definition) is 6. The number of alkyl halides is 2. The summed E-state index contributed by atoms with van der Waals surface area (Å²) in [6, 6.07) is 4.13. The molecule has 12 heteroatoms. The number of amides is 3. The number of aromatic nitrogens is 2. The summed E-state index contributed by atoms with van der Waals surface area (Å²) in [4.78, 5) is 47.5. The molecule has 2 aromatic rings. The van der Waals surface area contributed by atoms with Crippen molar-refractivity contribution in [1.29, 1.82) is 0 Å². The summed E-state index contributed by atoms with van der Waals surface area (Å²) in [5.41, 5.74) is 0.920. The summed E-state index contributed by atoms with van der Waals surface area (Å²) in [6.45, 7) is -2.45. The predicted molar refractivity (Wildman–Crippen MR) is 112 cm³/mol. The minimum atomic E-state index is -3.38. The molecule has 0 bridgehead atoms. The van der Waals surface area contributed by atoms with E-state index in [0.717, 1.165) is 0 Å². The molecule has 1 aromatic heterocycles. The van der Waals surface area contributed by atoms with Gasteiger partial charge in [0, 0.05) is 20.5 Å². The van der Waals surface area contributed by atoms with Crippen molar-refractivity contribution < 1.29 is 32.6 Å². The first-order valence-electron chi connectivity index (χ1n) is 9.97. The largest absolute Gasteiger partial charge is 0.443 e. The molecule has 10 nitrogen and oxygen atoms in total. The van der Waals surface area contributed by atoms with E-state index in [1.165, 1.54) is 23.2 Å². The Morgan fingerprint density at radius 2 is 2.06 bits per heavy atom. The maximum absolute atomic E-state index is 13.6. The number of alkyl carbamates (subject to hydrolysis) is 1. The van der Waals surface area contributed by atoms with E-state index >= 15 is 0 Å². The van der Waals surface area contributed by atoms with Gasteiger partial charge in [0.05, 0.1) is 16.6 Å². The molecule has 0 saturated carbocycles. The first-order chi connectivity index (χ1) is 15.6. The number of halogens is 2. The van der Waals surface area contributed by atoms with Crippen LogP contribution in [-0.2, 0) is 26.1 Å². The third-order valence-corrected chi connectivity index (χ3v) is 4.95. The van der Waals surface area contributed by atoms with E-state index < -0.39 is 42.9 Å². The number of carbonyl (C=O) groups excluding carboxylic acids is 3. The van der Waals surface area contributed by atoms with Gasteiger partial charge >= 0.3 is 17.7 Å². The average molecular weight is 464 g/mol. The molecule has 2 N–H and O–H groups in total. The van der Waals surface area contributed by atoms with Crippen LogP contribution < -0.4 is 16.3 Å². The van der Waals surface area contributed by atoms with Gasteiger partial charge in [-0.15, -0.1) is 0 Å². The molecule has 2 heterocycles. The van der Waals surface area contributed by atoms with Gasteiger partial charge in [-0.2, -0.15) is 0 Å². The highest BCUT2D eigenvalue weighted by Gasteiger charge is 2.32. The van der Waals surface area contributed by atoms with Crippen molar-refractivity contribution in [2.24, 2.45) is 7.05 Å². The standard InChI is InChI=1S/C21H22F2N4O6/c1-24-19(30)33-12-21(22,23)11-32-10-4-6-13-5-3-7-14-17(13)26(2)20(31)27(14)15-8-9-16(28)25-18(15)29/h3,5,7,15H,8-12H2,1-2H3,(H,24,30)(H,25,28,29). The number of benzene rings is 1. The number of imide groups is 1. The molecular weight excluding hydrogens is 442 g/mol. The zero-order valence-electron chi connectivity index (χ0n) is 17.9. The van der Waals surface area contributed by atoms with Gasteiger partial charge in [-0.05, 0) is 18.6 Å². The van der Waals surface area contributed by atoms with Crippen LogP contribution in [0.15, 0.2) is 23.0 Å². The van der Waals surface area contributed by atoms with Crippen molar-refractivity contribution in [3.05, 3.63) is 34.2 Å². The summed E-state index contributed by atoms with van der Waals surface area (Å²) < 4.78 is 39.2. The lowest BCUT2D eigenvalue weighted by Gasteiger charge is -2.21. The van der Waals surface area contributed by atoms with Crippen molar-refractivity contribution in [2.75, 3.05) is 26.9 Å². The molecular formula is C21H22F2N4O6. The second-order valence-corrected chi connectivity index (χ2v) is 7.33. The maximum atomic E-state index is 13.6. The van der Waals surface area contributed by atoms with E-state index in [1.54, 1.807) is 18.2 Å². The molecule has 176 valence electrons. The van der Waals surface area contributed by atoms with E-state index in [-0.39, 0.29) is 25.4 Å². The van der Waals surface area contributed by atoms with Gasteiger partial charge in [0.2, 0.25) is 11.8 Å². The summed E-state index contributed by atoms with van der Waals surface area (Å²) in [7, 11) is 2.78.